The second-order valence-electron chi connectivity index (χ2n) is 8.51. The minimum Gasteiger partial charge on any atom is -0.0654 e. The molecule has 0 radical (unpaired) electrons. The highest BCUT2D eigenvalue weighted by Crippen LogP contribution is 2.33. The fraction of sp³-hybridized carbons (Fsp3) is 0.571. The van der Waals surface area contributed by atoms with E-state index in [2.05, 4.69) is 76.2 Å². The molecule has 0 saturated carbocycles. The van der Waals surface area contributed by atoms with E-state index in [1.807, 2.05) is 0 Å². The first-order valence-corrected chi connectivity index (χ1v) is 11.9. The van der Waals surface area contributed by atoms with Crippen LogP contribution in [0.15, 0.2) is 48.5 Å². The number of benzene rings is 2. The van der Waals surface area contributed by atoms with E-state index < -0.39 is 0 Å². The van der Waals surface area contributed by atoms with Crippen LogP contribution in [-0.2, 0) is 0 Å². The van der Waals surface area contributed by atoms with Gasteiger partial charge < -0.3 is 0 Å². The molecule has 0 heteroatoms. The summed E-state index contributed by atoms with van der Waals surface area (Å²) in [4.78, 5) is 0. The van der Waals surface area contributed by atoms with Crippen LogP contribution in [0.4, 0.5) is 0 Å². The lowest BCUT2D eigenvalue weighted by molar-refractivity contribution is 0.541. The summed E-state index contributed by atoms with van der Waals surface area (Å²) in [5, 5.41) is 0. The van der Waals surface area contributed by atoms with Gasteiger partial charge in [0.15, 0.2) is 0 Å². The second kappa shape index (κ2) is 12.8. The first kappa shape index (κ1) is 22.7. The predicted octanol–water partition coefficient (Wildman–Crippen LogP) is 9.50. The zero-order valence-corrected chi connectivity index (χ0v) is 18.8. The van der Waals surface area contributed by atoms with Crippen LogP contribution >= 0.6 is 0 Å². The molecule has 0 aromatic heterocycles. The SMILES string of the molecule is CCCCC(CCC)c1cccc(-c2cccc(C(CCC)CCCC)c2)c1. The average Bonchev–Trinajstić information content (AvgIpc) is 2.74. The van der Waals surface area contributed by atoms with Crippen molar-refractivity contribution in [1.29, 1.82) is 0 Å². The maximum atomic E-state index is 2.47. The molecule has 28 heavy (non-hydrogen) atoms. The molecule has 2 unspecified atom stereocenters. The molecule has 0 heterocycles. The van der Waals surface area contributed by atoms with E-state index in [1.54, 1.807) is 0 Å². The molecule has 0 spiro atoms. The fourth-order valence-corrected chi connectivity index (χ4v) is 4.50. The minimum atomic E-state index is 0.713. The molecule has 0 aliphatic rings. The molecule has 0 nitrogen and oxygen atoms in total. The van der Waals surface area contributed by atoms with Gasteiger partial charge in [-0.25, -0.2) is 0 Å². The van der Waals surface area contributed by atoms with Crippen LogP contribution in [0.2, 0.25) is 0 Å². The highest BCUT2D eigenvalue weighted by atomic mass is 14.2. The second-order valence-corrected chi connectivity index (χ2v) is 8.51. The van der Waals surface area contributed by atoms with Crippen LogP contribution in [0.1, 0.15) is 115 Å². The summed E-state index contributed by atoms with van der Waals surface area (Å²) in [6.45, 7) is 9.24. The summed E-state index contributed by atoms with van der Waals surface area (Å²) in [5.41, 5.74) is 5.86. The minimum absolute atomic E-state index is 0.713. The zero-order valence-electron chi connectivity index (χ0n) is 18.8. The molecule has 0 bridgehead atoms. The Balaban J connectivity index is 2.27. The summed E-state index contributed by atoms with van der Waals surface area (Å²) >= 11 is 0. The first-order chi connectivity index (χ1) is 13.7. The van der Waals surface area contributed by atoms with Gasteiger partial charge in [-0.15, -0.1) is 0 Å². The van der Waals surface area contributed by atoms with Crippen molar-refractivity contribution in [2.45, 2.75) is 104 Å². The molecule has 2 aromatic carbocycles. The molecule has 2 atom stereocenters. The number of hydrogen-bond acceptors (Lipinski definition) is 0. The quantitative estimate of drug-likeness (QED) is 0.325. The summed E-state index contributed by atoms with van der Waals surface area (Å²) in [5.74, 6) is 1.43. The third-order valence-corrected chi connectivity index (χ3v) is 6.14. The van der Waals surface area contributed by atoms with E-state index in [-0.39, 0.29) is 0 Å². The standard InChI is InChI=1S/C28H42/c1-5-9-15-23(13-7-3)25-17-11-19-27(21-25)28-20-12-18-26(22-28)24(14-8-4)16-10-6-2/h11-12,17-24H,5-10,13-16H2,1-4H3. The Morgan fingerprint density at radius 1 is 0.536 bits per heavy atom. The molecule has 0 aliphatic carbocycles. The number of hydrogen-bond donors (Lipinski definition) is 0. The third-order valence-electron chi connectivity index (χ3n) is 6.14. The Labute approximate surface area is 174 Å². The van der Waals surface area contributed by atoms with Crippen LogP contribution < -0.4 is 0 Å². The van der Waals surface area contributed by atoms with Crippen LogP contribution in [0.25, 0.3) is 11.1 Å². The van der Waals surface area contributed by atoms with Gasteiger partial charge in [-0.2, -0.15) is 0 Å². The Kier molecular flexibility index (Phi) is 10.4. The van der Waals surface area contributed by atoms with Crippen LogP contribution in [0, 0.1) is 0 Å². The van der Waals surface area contributed by atoms with Gasteiger partial charge in [0.1, 0.15) is 0 Å². The van der Waals surface area contributed by atoms with E-state index in [4.69, 9.17) is 0 Å². The Hall–Kier alpha value is -1.56. The third kappa shape index (κ3) is 6.80. The van der Waals surface area contributed by atoms with Crippen molar-refractivity contribution in [3.63, 3.8) is 0 Å². The lowest BCUT2D eigenvalue weighted by Crippen LogP contribution is -2.00. The Bertz CT molecular complexity index is 610. The van der Waals surface area contributed by atoms with Crippen molar-refractivity contribution in [2.24, 2.45) is 0 Å². The van der Waals surface area contributed by atoms with E-state index in [1.165, 1.54) is 86.5 Å². The molecule has 154 valence electrons. The van der Waals surface area contributed by atoms with Gasteiger partial charge in [0.25, 0.3) is 0 Å². The summed E-state index contributed by atoms with van der Waals surface area (Å²) < 4.78 is 0. The van der Waals surface area contributed by atoms with Gasteiger partial charge in [0, 0.05) is 0 Å². The molecule has 0 amide bonds. The Morgan fingerprint density at radius 3 is 1.32 bits per heavy atom. The van der Waals surface area contributed by atoms with Gasteiger partial charge in [0.05, 0.1) is 0 Å². The summed E-state index contributed by atoms with van der Waals surface area (Å²) in [7, 11) is 0. The van der Waals surface area contributed by atoms with Crippen molar-refractivity contribution < 1.29 is 0 Å². The monoisotopic (exact) mass is 378 g/mol. The molecular formula is C28H42. The van der Waals surface area contributed by atoms with Gasteiger partial charge in [-0.1, -0.05) is 115 Å². The van der Waals surface area contributed by atoms with Crippen LogP contribution in [0.3, 0.4) is 0 Å². The van der Waals surface area contributed by atoms with Crippen molar-refractivity contribution >= 4 is 0 Å². The molecule has 0 N–H and O–H groups in total. The highest BCUT2D eigenvalue weighted by Gasteiger charge is 2.13. The van der Waals surface area contributed by atoms with Crippen LogP contribution in [0.5, 0.6) is 0 Å². The summed E-state index contributed by atoms with van der Waals surface area (Å²) in [6.07, 6.45) is 13.0. The first-order valence-electron chi connectivity index (χ1n) is 11.9. The van der Waals surface area contributed by atoms with Gasteiger partial charge in [0.2, 0.25) is 0 Å². The van der Waals surface area contributed by atoms with Gasteiger partial charge >= 0.3 is 0 Å². The summed E-state index contributed by atoms with van der Waals surface area (Å²) in [6, 6.07) is 18.8. The lowest BCUT2D eigenvalue weighted by Gasteiger charge is -2.19. The van der Waals surface area contributed by atoms with Crippen molar-refractivity contribution in [3.05, 3.63) is 59.7 Å². The molecule has 2 rings (SSSR count). The van der Waals surface area contributed by atoms with Crippen molar-refractivity contribution in [2.75, 3.05) is 0 Å². The van der Waals surface area contributed by atoms with Gasteiger partial charge in [-0.3, -0.25) is 0 Å². The predicted molar refractivity (Wildman–Crippen MR) is 126 cm³/mol. The van der Waals surface area contributed by atoms with Crippen molar-refractivity contribution in [3.8, 4) is 11.1 Å². The van der Waals surface area contributed by atoms with Gasteiger partial charge in [-0.05, 0) is 59.8 Å². The topological polar surface area (TPSA) is 0 Å². The van der Waals surface area contributed by atoms with E-state index in [0.29, 0.717) is 11.8 Å². The van der Waals surface area contributed by atoms with Crippen molar-refractivity contribution in [1.82, 2.24) is 0 Å². The molecule has 0 aliphatic heterocycles. The molecule has 0 saturated heterocycles. The molecular weight excluding hydrogens is 336 g/mol. The maximum Gasteiger partial charge on any atom is -0.0162 e. The van der Waals surface area contributed by atoms with E-state index in [9.17, 15) is 0 Å². The van der Waals surface area contributed by atoms with Crippen LogP contribution in [-0.4, -0.2) is 0 Å². The molecule has 2 aromatic rings. The number of unbranched alkanes of at least 4 members (excludes halogenated alkanes) is 2. The normalized spacial score (nSPS) is 13.4. The smallest absolute Gasteiger partial charge is 0.0162 e. The fourth-order valence-electron chi connectivity index (χ4n) is 4.50. The zero-order chi connectivity index (χ0) is 20.2. The van der Waals surface area contributed by atoms with E-state index >= 15 is 0 Å². The average molecular weight is 379 g/mol. The Morgan fingerprint density at radius 2 is 0.964 bits per heavy atom. The largest absolute Gasteiger partial charge is 0.0654 e. The maximum absolute atomic E-state index is 2.47. The lowest BCUT2D eigenvalue weighted by atomic mass is 9.86. The highest BCUT2D eigenvalue weighted by molar-refractivity contribution is 5.65. The number of rotatable bonds is 13. The van der Waals surface area contributed by atoms with E-state index in [0.717, 1.165) is 0 Å². The molecule has 0 fully saturated rings.